The lowest BCUT2D eigenvalue weighted by Crippen LogP contribution is -2.28. The van der Waals surface area contributed by atoms with Crippen LogP contribution < -0.4 is 4.72 Å². The highest BCUT2D eigenvalue weighted by Gasteiger charge is 2.21. The van der Waals surface area contributed by atoms with Crippen molar-refractivity contribution in [3.05, 3.63) is 52.7 Å². The molecular formula is C14H17NO2S2. The van der Waals surface area contributed by atoms with Crippen molar-refractivity contribution in [3.8, 4) is 0 Å². The average molecular weight is 295 g/mol. The molecule has 1 atom stereocenters. The summed E-state index contributed by atoms with van der Waals surface area (Å²) in [6.07, 6.45) is 1.73. The zero-order chi connectivity index (χ0) is 13.7. The Hall–Kier alpha value is -1.17. The predicted octanol–water partition coefficient (Wildman–Crippen LogP) is 3.57. The van der Waals surface area contributed by atoms with Crippen molar-refractivity contribution >= 4 is 21.4 Å². The first-order chi connectivity index (χ1) is 9.13. The van der Waals surface area contributed by atoms with Crippen molar-refractivity contribution < 1.29 is 8.42 Å². The summed E-state index contributed by atoms with van der Waals surface area (Å²) in [5.74, 6) is 0. The average Bonchev–Trinajstić information content (AvgIpc) is 2.93. The van der Waals surface area contributed by atoms with Gasteiger partial charge in [-0.1, -0.05) is 37.6 Å². The SMILES string of the molecule is CCCC(NS(=O)(=O)c1ccccc1)c1cccs1. The second kappa shape index (κ2) is 6.32. The molecule has 0 aliphatic rings. The molecule has 2 aromatic rings. The smallest absolute Gasteiger partial charge is 0.207 e. The molecule has 102 valence electrons. The highest BCUT2D eigenvalue weighted by atomic mass is 32.2. The van der Waals surface area contributed by atoms with E-state index in [1.54, 1.807) is 35.6 Å². The minimum absolute atomic E-state index is 0.143. The van der Waals surface area contributed by atoms with E-state index in [0.29, 0.717) is 4.90 Å². The van der Waals surface area contributed by atoms with Gasteiger partial charge < -0.3 is 0 Å². The molecule has 1 unspecified atom stereocenters. The van der Waals surface area contributed by atoms with Gasteiger partial charge in [0.2, 0.25) is 10.0 Å². The van der Waals surface area contributed by atoms with E-state index in [4.69, 9.17) is 0 Å². The Morgan fingerprint density at radius 1 is 1.16 bits per heavy atom. The maximum atomic E-state index is 12.3. The Kier molecular flexibility index (Phi) is 4.74. The second-order valence-corrected chi connectivity index (χ2v) is 6.98. The van der Waals surface area contributed by atoms with Gasteiger partial charge in [0, 0.05) is 4.88 Å². The van der Waals surface area contributed by atoms with E-state index >= 15 is 0 Å². The standard InChI is InChI=1S/C14H17NO2S2/c1-2-7-13(14-10-6-11-18-14)15-19(16,17)12-8-4-3-5-9-12/h3-6,8-11,13,15H,2,7H2,1H3. The van der Waals surface area contributed by atoms with Crippen LogP contribution in [0.5, 0.6) is 0 Å². The summed E-state index contributed by atoms with van der Waals surface area (Å²) < 4.78 is 27.4. The van der Waals surface area contributed by atoms with Crippen LogP contribution in [0.25, 0.3) is 0 Å². The minimum atomic E-state index is -3.45. The molecule has 0 saturated heterocycles. The Bertz CT molecular complexity index is 592. The fraction of sp³-hybridized carbons (Fsp3) is 0.286. The molecule has 0 fully saturated rings. The molecule has 0 saturated carbocycles. The Labute approximate surface area is 118 Å². The van der Waals surface area contributed by atoms with Gasteiger partial charge in [-0.2, -0.15) is 0 Å². The summed E-state index contributed by atoms with van der Waals surface area (Å²) in [5, 5.41) is 1.97. The zero-order valence-electron chi connectivity index (χ0n) is 10.7. The van der Waals surface area contributed by atoms with Crippen molar-refractivity contribution in [2.45, 2.75) is 30.7 Å². The summed E-state index contributed by atoms with van der Waals surface area (Å²) in [5.41, 5.74) is 0. The van der Waals surface area contributed by atoms with Crippen LogP contribution in [-0.4, -0.2) is 8.42 Å². The van der Waals surface area contributed by atoms with Crippen LogP contribution in [0.3, 0.4) is 0 Å². The van der Waals surface area contributed by atoms with E-state index in [0.717, 1.165) is 17.7 Å². The monoisotopic (exact) mass is 295 g/mol. The van der Waals surface area contributed by atoms with Gasteiger partial charge in [0.15, 0.2) is 0 Å². The van der Waals surface area contributed by atoms with Gasteiger partial charge in [-0.25, -0.2) is 13.1 Å². The van der Waals surface area contributed by atoms with Gasteiger partial charge >= 0.3 is 0 Å². The van der Waals surface area contributed by atoms with E-state index in [1.165, 1.54) is 0 Å². The molecule has 0 bridgehead atoms. The lowest BCUT2D eigenvalue weighted by Gasteiger charge is -2.16. The van der Waals surface area contributed by atoms with Crippen LogP contribution in [0.15, 0.2) is 52.7 Å². The number of thiophene rings is 1. The van der Waals surface area contributed by atoms with E-state index in [-0.39, 0.29) is 6.04 Å². The Balaban J connectivity index is 2.22. The van der Waals surface area contributed by atoms with Crippen LogP contribution >= 0.6 is 11.3 Å². The van der Waals surface area contributed by atoms with Gasteiger partial charge in [-0.15, -0.1) is 11.3 Å². The lowest BCUT2D eigenvalue weighted by molar-refractivity contribution is 0.540. The normalized spacial score (nSPS) is 13.3. The molecule has 1 aromatic heterocycles. The van der Waals surface area contributed by atoms with Crippen molar-refractivity contribution in [2.24, 2.45) is 0 Å². The van der Waals surface area contributed by atoms with Crippen LogP contribution in [0.1, 0.15) is 30.7 Å². The molecule has 19 heavy (non-hydrogen) atoms. The molecule has 2 rings (SSSR count). The molecule has 1 N–H and O–H groups in total. The number of rotatable bonds is 6. The predicted molar refractivity (Wildman–Crippen MR) is 78.7 cm³/mol. The summed E-state index contributed by atoms with van der Waals surface area (Å²) in [6.45, 7) is 2.05. The number of benzene rings is 1. The summed E-state index contributed by atoms with van der Waals surface area (Å²) >= 11 is 1.58. The van der Waals surface area contributed by atoms with Gasteiger partial charge in [0.05, 0.1) is 10.9 Å². The maximum absolute atomic E-state index is 12.3. The van der Waals surface area contributed by atoms with Crippen LogP contribution in [0, 0.1) is 0 Å². The van der Waals surface area contributed by atoms with Crippen molar-refractivity contribution in [1.29, 1.82) is 0 Å². The number of hydrogen-bond acceptors (Lipinski definition) is 3. The fourth-order valence-electron chi connectivity index (χ4n) is 1.89. The first-order valence-electron chi connectivity index (χ1n) is 6.24. The largest absolute Gasteiger partial charge is 0.241 e. The van der Waals surface area contributed by atoms with Crippen LogP contribution in [0.2, 0.25) is 0 Å². The Morgan fingerprint density at radius 3 is 2.47 bits per heavy atom. The summed E-state index contributed by atoms with van der Waals surface area (Å²) in [4.78, 5) is 1.37. The van der Waals surface area contributed by atoms with E-state index in [2.05, 4.69) is 11.6 Å². The van der Waals surface area contributed by atoms with E-state index < -0.39 is 10.0 Å². The van der Waals surface area contributed by atoms with Crippen molar-refractivity contribution in [3.63, 3.8) is 0 Å². The zero-order valence-corrected chi connectivity index (χ0v) is 12.4. The first-order valence-corrected chi connectivity index (χ1v) is 8.60. The van der Waals surface area contributed by atoms with Crippen LogP contribution in [-0.2, 0) is 10.0 Å². The quantitative estimate of drug-likeness (QED) is 0.885. The minimum Gasteiger partial charge on any atom is -0.207 e. The highest BCUT2D eigenvalue weighted by Crippen LogP contribution is 2.25. The molecule has 3 nitrogen and oxygen atoms in total. The second-order valence-electron chi connectivity index (χ2n) is 4.29. The number of hydrogen-bond donors (Lipinski definition) is 1. The topological polar surface area (TPSA) is 46.2 Å². The van der Waals surface area contributed by atoms with E-state index in [1.807, 2.05) is 23.6 Å². The molecule has 5 heteroatoms. The molecule has 0 aliphatic heterocycles. The van der Waals surface area contributed by atoms with Gasteiger partial charge in [-0.3, -0.25) is 0 Å². The van der Waals surface area contributed by atoms with E-state index in [9.17, 15) is 8.42 Å². The fourth-order valence-corrected chi connectivity index (χ4v) is 4.05. The van der Waals surface area contributed by atoms with Gasteiger partial charge in [0.25, 0.3) is 0 Å². The third-order valence-corrected chi connectivity index (χ3v) is 5.29. The first kappa shape index (κ1) is 14.2. The maximum Gasteiger partial charge on any atom is 0.241 e. The molecule has 0 amide bonds. The molecule has 0 radical (unpaired) electrons. The van der Waals surface area contributed by atoms with Gasteiger partial charge in [0.1, 0.15) is 0 Å². The number of sulfonamides is 1. The molecule has 0 spiro atoms. The third-order valence-electron chi connectivity index (χ3n) is 2.81. The molecule has 1 aromatic carbocycles. The number of nitrogens with one attached hydrogen (secondary N) is 1. The van der Waals surface area contributed by atoms with Crippen LogP contribution in [0.4, 0.5) is 0 Å². The summed E-state index contributed by atoms with van der Waals surface area (Å²) in [6, 6.07) is 12.3. The molecule has 0 aliphatic carbocycles. The summed E-state index contributed by atoms with van der Waals surface area (Å²) in [7, 11) is -3.45. The van der Waals surface area contributed by atoms with Crippen molar-refractivity contribution in [1.82, 2.24) is 4.72 Å². The van der Waals surface area contributed by atoms with Gasteiger partial charge in [-0.05, 0) is 30.0 Å². The lowest BCUT2D eigenvalue weighted by atomic mass is 10.1. The highest BCUT2D eigenvalue weighted by molar-refractivity contribution is 7.89. The third kappa shape index (κ3) is 3.65. The van der Waals surface area contributed by atoms with Crippen molar-refractivity contribution in [2.75, 3.05) is 0 Å². The Morgan fingerprint density at radius 2 is 1.89 bits per heavy atom. The molecule has 1 heterocycles. The molecular weight excluding hydrogens is 278 g/mol.